The molecule has 150 valence electrons. The summed E-state index contributed by atoms with van der Waals surface area (Å²) >= 11 is 1.22. The number of fused-ring (bicyclic) bond motifs is 1. The van der Waals surface area contributed by atoms with Gasteiger partial charge in [-0.3, -0.25) is 14.6 Å². The van der Waals surface area contributed by atoms with Gasteiger partial charge in [0.05, 0.1) is 27.5 Å². The molecule has 4 rings (SSSR count). The van der Waals surface area contributed by atoms with Crippen molar-refractivity contribution in [2.45, 2.75) is 50.5 Å². The van der Waals surface area contributed by atoms with Crippen molar-refractivity contribution in [3.8, 4) is 0 Å². The van der Waals surface area contributed by atoms with Crippen LogP contribution in [-0.2, 0) is 4.74 Å². The lowest BCUT2D eigenvalue weighted by molar-refractivity contribution is -0.0705. The Kier molecular flexibility index (Phi) is 4.70. The number of aromatic nitrogens is 2. The number of benzene rings is 1. The lowest BCUT2D eigenvalue weighted by atomic mass is 9.94. The first-order chi connectivity index (χ1) is 13.2. The van der Waals surface area contributed by atoms with Gasteiger partial charge in [0.1, 0.15) is 0 Å². The van der Waals surface area contributed by atoms with E-state index in [1.807, 2.05) is 13.8 Å². The first kappa shape index (κ1) is 19.3. The van der Waals surface area contributed by atoms with Crippen LogP contribution in [0.25, 0.3) is 0 Å². The van der Waals surface area contributed by atoms with E-state index in [0.29, 0.717) is 35.9 Å². The van der Waals surface area contributed by atoms with Gasteiger partial charge < -0.3 is 4.74 Å². The molecule has 0 radical (unpaired) electrons. The molecule has 9 heteroatoms. The topological polar surface area (TPSA) is 59.4 Å². The van der Waals surface area contributed by atoms with Crippen molar-refractivity contribution >= 4 is 22.6 Å². The fraction of sp³-hybridized carbons (Fsp3) is 0.474. The zero-order chi connectivity index (χ0) is 20.2. The zero-order valence-corrected chi connectivity index (χ0v) is 16.5. The van der Waals surface area contributed by atoms with Crippen molar-refractivity contribution in [3.05, 3.63) is 51.1 Å². The van der Waals surface area contributed by atoms with Crippen molar-refractivity contribution in [1.29, 1.82) is 0 Å². The second-order valence-electron chi connectivity index (χ2n) is 7.73. The Balaban J connectivity index is 1.82. The normalized spacial score (nSPS) is 24.0. The summed E-state index contributed by atoms with van der Waals surface area (Å²) in [7, 11) is 0. The minimum absolute atomic E-state index is 0.0119. The lowest BCUT2D eigenvalue weighted by Crippen LogP contribution is -2.35. The van der Waals surface area contributed by atoms with E-state index in [4.69, 9.17) is 4.74 Å². The number of H-pyrrole nitrogens is 1. The largest absolute Gasteiger partial charge is 0.375 e. The smallest absolute Gasteiger partial charge is 0.271 e. The predicted molar refractivity (Wildman–Crippen MR) is 102 cm³/mol. The van der Waals surface area contributed by atoms with Crippen molar-refractivity contribution in [2.24, 2.45) is 4.99 Å². The summed E-state index contributed by atoms with van der Waals surface area (Å²) in [5.74, 6) is -3.62. The van der Waals surface area contributed by atoms with Crippen LogP contribution in [0.4, 0.5) is 19.0 Å². The number of nitrogens with zero attached hydrogens (tertiary/aromatic N) is 2. The maximum atomic E-state index is 13.8. The third kappa shape index (κ3) is 3.30. The van der Waals surface area contributed by atoms with E-state index < -0.39 is 22.7 Å². The third-order valence-electron chi connectivity index (χ3n) is 5.09. The lowest BCUT2D eigenvalue weighted by Gasteiger charge is -2.36. The van der Waals surface area contributed by atoms with Gasteiger partial charge >= 0.3 is 0 Å². The van der Waals surface area contributed by atoms with Gasteiger partial charge in [-0.05, 0) is 51.3 Å². The standard InChI is InChI=1S/C19H20F3N3O2S/c1-9-23-17-14(16(28-9)10-6-12(20)15(22)13(21)7-10)18(26)24-25(17)11-4-5-27-19(2,3)8-11/h6-7,11,16H,4-5,8H2,1-3H3,(H,24,26). The van der Waals surface area contributed by atoms with E-state index >= 15 is 0 Å². The van der Waals surface area contributed by atoms with Gasteiger partial charge in [0.25, 0.3) is 5.56 Å². The van der Waals surface area contributed by atoms with Crippen LogP contribution < -0.4 is 5.56 Å². The molecule has 1 fully saturated rings. The van der Waals surface area contributed by atoms with Gasteiger partial charge in [-0.2, -0.15) is 0 Å². The quantitative estimate of drug-likeness (QED) is 0.735. The molecule has 2 atom stereocenters. The Morgan fingerprint density at radius 1 is 1.29 bits per heavy atom. The highest BCUT2D eigenvalue weighted by molar-refractivity contribution is 8.14. The fourth-order valence-electron chi connectivity index (χ4n) is 3.85. The molecule has 3 heterocycles. The second kappa shape index (κ2) is 6.81. The van der Waals surface area contributed by atoms with Crippen LogP contribution in [-0.4, -0.2) is 27.0 Å². The number of rotatable bonds is 2. The summed E-state index contributed by atoms with van der Waals surface area (Å²) in [5.41, 5.74) is -0.183. The molecule has 2 aliphatic heterocycles. The molecule has 0 spiro atoms. The number of halogens is 3. The molecule has 0 bridgehead atoms. The van der Waals surface area contributed by atoms with E-state index in [0.717, 1.165) is 12.1 Å². The summed E-state index contributed by atoms with van der Waals surface area (Å²) in [6, 6.07) is 1.86. The maximum Gasteiger partial charge on any atom is 0.271 e. The molecule has 1 aromatic carbocycles. The molecule has 1 aromatic heterocycles. The van der Waals surface area contributed by atoms with E-state index in [1.54, 1.807) is 11.6 Å². The summed E-state index contributed by atoms with van der Waals surface area (Å²) in [4.78, 5) is 17.3. The summed E-state index contributed by atoms with van der Waals surface area (Å²) in [6.45, 7) is 6.31. The molecule has 2 aliphatic rings. The number of thioether (sulfide) groups is 1. The van der Waals surface area contributed by atoms with Crippen LogP contribution in [0.2, 0.25) is 0 Å². The van der Waals surface area contributed by atoms with Gasteiger partial charge in [0.15, 0.2) is 23.3 Å². The SMILES string of the molecule is CC1=Nc2c(c(=O)[nH]n2C2CCOC(C)(C)C2)C(c2cc(F)c(F)c(F)c2)S1. The molecule has 1 saturated heterocycles. The Morgan fingerprint density at radius 2 is 1.96 bits per heavy atom. The van der Waals surface area contributed by atoms with E-state index in [2.05, 4.69) is 10.1 Å². The number of nitrogens with one attached hydrogen (secondary N) is 1. The molecule has 0 saturated carbocycles. The molecule has 0 amide bonds. The number of hydrogen-bond donors (Lipinski definition) is 1. The first-order valence-corrected chi connectivity index (χ1v) is 9.89. The van der Waals surface area contributed by atoms with Crippen LogP contribution in [0, 0.1) is 17.5 Å². The van der Waals surface area contributed by atoms with Crippen molar-refractivity contribution in [3.63, 3.8) is 0 Å². The predicted octanol–water partition coefficient (Wildman–Crippen LogP) is 4.61. The monoisotopic (exact) mass is 411 g/mol. The van der Waals surface area contributed by atoms with Crippen LogP contribution in [0.3, 0.4) is 0 Å². The van der Waals surface area contributed by atoms with Crippen molar-refractivity contribution in [2.75, 3.05) is 6.61 Å². The third-order valence-corrected chi connectivity index (χ3v) is 6.27. The van der Waals surface area contributed by atoms with E-state index in [9.17, 15) is 18.0 Å². The molecule has 1 N–H and O–H groups in total. The molecule has 28 heavy (non-hydrogen) atoms. The minimum Gasteiger partial charge on any atom is -0.375 e. The Hall–Kier alpha value is -2.00. The number of ether oxygens (including phenoxy) is 1. The Bertz CT molecular complexity index is 1000. The van der Waals surface area contributed by atoms with Crippen LogP contribution >= 0.6 is 11.8 Å². The minimum atomic E-state index is -1.52. The van der Waals surface area contributed by atoms with Gasteiger partial charge in [0.2, 0.25) is 0 Å². The molecular weight excluding hydrogens is 391 g/mol. The van der Waals surface area contributed by atoms with Crippen LogP contribution in [0.1, 0.15) is 56.0 Å². The second-order valence-corrected chi connectivity index (χ2v) is 9.03. The number of aliphatic imine (C=N–C) groups is 1. The summed E-state index contributed by atoms with van der Waals surface area (Å²) < 4.78 is 48.5. The average molecular weight is 411 g/mol. The number of aromatic amines is 1. The van der Waals surface area contributed by atoms with Crippen molar-refractivity contribution in [1.82, 2.24) is 9.78 Å². The molecule has 5 nitrogen and oxygen atoms in total. The van der Waals surface area contributed by atoms with Crippen LogP contribution in [0.15, 0.2) is 21.9 Å². The zero-order valence-electron chi connectivity index (χ0n) is 15.7. The molecule has 2 unspecified atom stereocenters. The molecule has 2 aromatic rings. The first-order valence-electron chi connectivity index (χ1n) is 9.01. The van der Waals surface area contributed by atoms with E-state index in [1.165, 1.54) is 11.8 Å². The van der Waals surface area contributed by atoms with Gasteiger partial charge in [-0.25, -0.2) is 18.2 Å². The van der Waals surface area contributed by atoms with Gasteiger partial charge in [-0.1, -0.05) is 11.8 Å². The van der Waals surface area contributed by atoms with Gasteiger partial charge in [-0.15, -0.1) is 0 Å². The Morgan fingerprint density at radius 3 is 2.61 bits per heavy atom. The maximum absolute atomic E-state index is 13.8. The molecular formula is C19H20F3N3O2S. The van der Waals surface area contributed by atoms with Crippen molar-refractivity contribution < 1.29 is 17.9 Å². The highest BCUT2D eigenvalue weighted by atomic mass is 32.2. The summed E-state index contributed by atoms with van der Waals surface area (Å²) in [6.07, 6.45) is 1.41. The number of hydrogen-bond acceptors (Lipinski definition) is 4. The highest BCUT2D eigenvalue weighted by Crippen LogP contribution is 2.45. The summed E-state index contributed by atoms with van der Waals surface area (Å²) in [5, 5.41) is 2.83. The Labute approximate surface area is 164 Å². The van der Waals surface area contributed by atoms with E-state index in [-0.39, 0.29) is 22.8 Å². The average Bonchev–Trinajstić information content (AvgIpc) is 2.94. The van der Waals surface area contributed by atoms with Crippen LogP contribution in [0.5, 0.6) is 0 Å². The highest BCUT2D eigenvalue weighted by Gasteiger charge is 2.36. The fourth-order valence-corrected chi connectivity index (χ4v) is 4.94. The van der Waals surface area contributed by atoms with Gasteiger partial charge in [0, 0.05) is 6.61 Å². The molecule has 0 aliphatic carbocycles.